The van der Waals surface area contributed by atoms with E-state index in [-0.39, 0.29) is 11.4 Å². The molecule has 0 spiro atoms. The fourth-order valence-corrected chi connectivity index (χ4v) is 3.07. The Hall–Kier alpha value is -2.32. The molecule has 3 rings (SSSR count). The quantitative estimate of drug-likeness (QED) is 0.838. The normalized spacial score (nSPS) is 17.8. The maximum atomic E-state index is 12.8. The summed E-state index contributed by atoms with van der Waals surface area (Å²) in [5.41, 5.74) is 1.12. The Morgan fingerprint density at radius 1 is 1.32 bits per heavy atom. The first-order chi connectivity index (χ1) is 12.1. The molecule has 0 unspecified atom stereocenters. The predicted molar refractivity (Wildman–Crippen MR) is 92.6 cm³/mol. The van der Waals surface area contributed by atoms with Crippen LogP contribution in [0.3, 0.4) is 0 Å². The molecule has 1 aliphatic heterocycles. The van der Waals surface area contributed by atoms with Crippen LogP contribution < -0.4 is 5.32 Å². The van der Waals surface area contributed by atoms with Gasteiger partial charge in [0.05, 0.1) is 24.5 Å². The lowest BCUT2D eigenvalue weighted by Gasteiger charge is -2.43. The molecule has 1 amide bonds. The topological polar surface area (TPSA) is 85.2 Å². The van der Waals surface area contributed by atoms with Crippen molar-refractivity contribution in [2.45, 2.75) is 25.8 Å². The number of rotatable bonds is 6. The first-order valence-electron chi connectivity index (χ1n) is 8.57. The number of para-hydroxylation sites is 1. The van der Waals surface area contributed by atoms with E-state index in [1.54, 1.807) is 6.07 Å². The van der Waals surface area contributed by atoms with Crippen LogP contribution in [0, 0.1) is 0 Å². The minimum atomic E-state index is -0.126. The van der Waals surface area contributed by atoms with Gasteiger partial charge in [0.15, 0.2) is 0 Å². The molecule has 0 bridgehead atoms. The summed E-state index contributed by atoms with van der Waals surface area (Å²) in [5.74, 6) is -0.126. The monoisotopic (exact) mass is 344 g/mol. The number of morpholine rings is 1. The smallest absolute Gasteiger partial charge is 0.253 e. The number of nitrogens with zero attached hydrogens (tertiary/aromatic N) is 5. The summed E-state index contributed by atoms with van der Waals surface area (Å²) < 4.78 is 6.94. The van der Waals surface area contributed by atoms with E-state index < -0.39 is 0 Å². The standard InChI is InChI=1S/C17H24N6O2/c1-3-17(2,22-8-10-25-11-9-22)12-18-16(24)14-6-4-5-7-15(14)23-13-19-20-21-23/h4-7,13H,3,8-12H2,1-2H3,(H,18,24)/t17-/m0/s1. The average Bonchev–Trinajstić information content (AvgIpc) is 3.21. The van der Waals surface area contributed by atoms with E-state index in [9.17, 15) is 4.79 Å². The summed E-state index contributed by atoms with van der Waals surface area (Å²) in [6, 6.07) is 7.30. The zero-order chi connectivity index (χ0) is 17.7. The van der Waals surface area contributed by atoms with Crippen LogP contribution in [-0.2, 0) is 4.74 Å². The summed E-state index contributed by atoms with van der Waals surface area (Å²) in [4.78, 5) is 15.2. The van der Waals surface area contributed by atoms with Crippen LogP contribution in [0.5, 0.6) is 0 Å². The molecule has 2 heterocycles. The van der Waals surface area contributed by atoms with Gasteiger partial charge in [0.25, 0.3) is 5.91 Å². The molecule has 1 aliphatic rings. The number of amides is 1. The number of tetrazole rings is 1. The van der Waals surface area contributed by atoms with Crippen LogP contribution in [0.25, 0.3) is 5.69 Å². The van der Waals surface area contributed by atoms with Gasteiger partial charge in [-0.3, -0.25) is 9.69 Å². The summed E-state index contributed by atoms with van der Waals surface area (Å²) in [5, 5.41) is 14.3. The number of hydrogen-bond donors (Lipinski definition) is 1. The molecular formula is C17H24N6O2. The van der Waals surface area contributed by atoms with Crippen molar-refractivity contribution in [2.24, 2.45) is 0 Å². The van der Waals surface area contributed by atoms with Crippen LogP contribution in [0.4, 0.5) is 0 Å². The molecule has 8 nitrogen and oxygen atoms in total. The molecule has 1 aromatic heterocycles. The van der Waals surface area contributed by atoms with E-state index in [0.29, 0.717) is 17.8 Å². The highest BCUT2D eigenvalue weighted by Crippen LogP contribution is 2.20. The number of carbonyl (C=O) groups excluding carboxylic acids is 1. The highest BCUT2D eigenvalue weighted by molar-refractivity contribution is 5.97. The molecule has 25 heavy (non-hydrogen) atoms. The van der Waals surface area contributed by atoms with Crippen LogP contribution in [-0.4, -0.2) is 69.4 Å². The van der Waals surface area contributed by atoms with E-state index in [1.165, 1.54) is 11.0 Å². The van der Waals surface area contributed by atoms with E-state index in [0.717, 1.165) is 32.7 Å². The van der Waals surface area contributed by atoms with E-state index in [4.69, 9.17) is 4.74 Å². The van der Waals surface area contributed by atoms with Gasteiger partial charge in [-0.15, -0.1) is 5.10 Å². The maximum Gasteiger partial charge on any atom is 0.253 e. The van der Waals surface area contributed by atoms with Crippen molar-refractivity contribution in [1.29, 1.82) is 0 Å². The number of carbonyl (C=O) groups is 1. The van der Waals surface area contributed by atoms with Crippen LogP contribution in [0.1, 0.15) is 30.6 Å². The Balaban J connectivity index is 1.72. The van der Waals surface area contributed by atoms with Crippen molar-refractivity contribution in [3.05, 3.63) is 36.2 Å². The molecule has 8 heteroatoms. The molecule has 1 N–H and O–H groups in total. The lowest BCUT2D eigenvalue weighted by atomic mass is 9.95. The molecule has 2 aromatic rings. The molecule has 1 saturated heterocycles. The van der Waals surface area contributed by atoms with E-state index >= 15 is 0 Å². The molecule has 1 fully saturated rings. The maximum absolute atomic E-state index is 12.8. The average molecular weight is 344 g/mol. The number of hydrogen-bond acceptors (Lipinski definition) is 6. The Bertz CT molecular complexity index is 699. The fourth-order valence-electron chi connectivity index (χ4n) is 3.07. The molecule has 134 valence electrons. The third-order valence-electron chi connectivity index (χ3n) is 4.91. The highest BCUT2D eigenvalue weighted by Gasteiger charge is 2.32. The van der Waals surface area contributed by atoms with Crippen molar-refractivity contribution in [1.82, 2.24) is 30.4 Å². The predicted octanol–water partition coefficient (Wildman–Crippen LogP) is 0.893. The molecule has 1 aromatic carbocycles. The van der Waals surface area contributed by atoms with Crippen LogP contribution in [0.2, 0.25) is 0 Å². The SMILES string of the molecule is CC[C@@](C)(CNC(=O)c1ccccc1-n1cnnn1)N1CCOCC1. The summed E-state index contributed by atoms with van der Waals surface area (Å²) >= 11 is 0. The third kappa shape index (κ3) is 3.85. The first-order valence-corrected chi connectivity index (χ1v) is 8.57. The second-order valence-corrected chi connectivity index (χ2v) is 6.40. The Labute approximate surface area is 147 Å². The molecule has 0 aliphatic carbocycles. The van der Waals surface area contributed by atoms with Gasteiger partial charge in [-0.1, -0.05) is 19.1 Å². The third-order valence-corrected chi connectivity index (χ3v) is 4.91. The van der Waals surface area contributed by atoms with Gasteiger partial charge in [0, 0.05) is 25.2 Å². The Morgan fingerprint density at radius 3 is 2.76 bits per heavy atom. The largest absolute Gasteiger partial charge is 0.379 e. The Morgan fingerprint density at radius 2 is 2.08 bits per heavy atom. The van der Waals surface area contributed by atoms with Crippen molar-refractivity contribution in [3.63, 3.8) is 0 Å². The summed E-state index contributed by atoms with van der Waals surface area (Å²) in [7, 11) is 0. The minimum absolute atomic E-state index is 0.0941. The number of nitrogens with one attached hydrogen (secondary N) is 1. The van der Waals surface area contributed by atoms with E-state index in [1.807, 2.05) is 18.2 Å². The lowest BCUT2D eigenvalue weighted by molar-refractivity contribution is -0.0169. The summed E-state index contributed by atoms with van der Waals surface area (Å²) in [6.45, 7) is 8.18. The lowest BCUT2D eigenvalue weighted by Crippen LogP contribution is -2.56. The first kappa shape index (κ1) is 17.5. The van der Waals surface area contributed by atoms with Crippen molar-refractivity contribution >= 4 is 5.91 Å². The highest BCUT2D eigenvalue weighted by atomic mass is 16.5. The van der Waals surface area contributed by atoms with Crippen LogP contribution in [0.15, 0.2) is 30.6 Å². The van der Waals surface area contributed by atoms with Crippen LogP contribution >= 0.6 is 0 Å². The van der Waals surface area contributed by atoms with Gasteiger partial charge in [0.2, 0.25) is 0 Å². The zero-order valence-corrected chi connectivity index (χ0v) is 14.7. The zero-order valence-electron chi connectivity index (χ0n) is 14.7. The van der Waals surface area contributed by atoms with Gasteiger partial charge in [-0.25, -0.2) is 0 Å². The van der Waals surface area contributed by atoms with Gasteiger partial charge < -0.3 is 10.1 Å². The summed E-state index contributed by atoms with van der Waals surface area (Å²) in [6.07, 6.45) is 2.43. The minimum Gasteiger partial charge on any atom is -0.379 e. The molecule has 0 saturated carbocycles. The second kappa shape index (κ2) is 7.71. The Kier molecular flexibility index (Phi) is 5.40. The number of ether oxygens (including phenoxy) is 1. The second-order valence-electron chi connectivity index (χ2n) is 6.40. The van der Waals surface area contributed by atoms with E-state index in [2.05, 4.69) is 39.6 Å². The van der Waals surface area contributed by atoms with Crippen molar-refractivity contribution in [3.8, 4) is 5.69 Å². The molecule has 1 atom stereocenters. The van der Waals surface area contributed by atoms with Crippen molar-refractivity contribution < 1.29 is 9.53 Å². The van der Waals surface area contributed by atoms with Gasteiger partial charge in [-0.2, -0.15) is 4.68 Å². The number of aromatic nitrogens is 4. The number of benzene rings is 1. The van der Waals surface area contributed by atoms with Gasteiger partial charge in [-0.05, 0) is 35.9 Å². The van der Waals surface area contributed by atoms with Gasteiger partial charge in [0.1, 0.15) is 6.33 Å². The van der Waals surface area contributed by atoms with Gasteiger partial charge >= 0.3 is 0 Å². The molecule has 0 radical (unpaired) electrons. The van der Waals surface area contributed by atoms with Crippen molar-refractivity contribution in [2.75, 3.05) is 32.8 Å². The fraction of sp³-hybridized carbons (Fsp3) is 0.529. The molecular weight excluding hydrogens is 320 g/mol.